The quantitative estimate of drug-likeness (QED) is 0.923. The van der Waals surface area contributed by atoms with E-state index in [1.807, 2.05) is 30.0 Å². The van der Waals surface area contributed by atoms with Gasteiger partial charge in [-0.05, 0) is 24.8 Å². The number of hydrogen-bond donors (Lipinski definition) is 1. The average molecular weight is 270 g/mol. The number of nitrogens with zero attached hydrogens (tertiary/aromatic N) is 2. The van der Waals surface area contributed by atoms with Crippen LogP contribution in [0, 0.1) is 0 Å². The lowest BCUT2D eigenvalue weighted by molar-refractivity contribution is 0.561. The maximum atomic E-state index is 6.25. The first-order chi connectivity index (χ1) is 8.19. The molecule has 1 heterocycles. The number of para-hydroxylation sites is 1. The first-order valence-corrected chi connectivity index (χ1v) is 7.37. The summed E-state index contributed by atoms with van der Waals surface area (Å²) in [6, 6.07) is 6.07. The normalized spacial score (nSPS) is 13.1. The lowest BCUT2D eigenvalue weighted by Gasteiger charge is -2.18. The molecule has 1 unspecified atom stereocenters. The first kappa shape index (κ1) is 12.6. The molecule has 0 radical (unpaired) electrons. The van der Waals surface area contributed by atoms with Crippen molar-refractivity contribution in [2.24, 2.45) is 0 Å². The van der Waals surface area contributed by atoms with Crippen LogP contribution in [0.5, 0.6) is 0 Å². The third-order valence-electron chi connectivity index (χ3n) is 2.88. The summed E-state index contributed by atoms with van der Waals surface area (Å²) in [6.45, 7) is 2.16. The van der Waals surface area contributed by atoms with Crippen LogP contribution in [0.2, 0.25) is 5.02 Å². The molecule has 3 nitrogen and oxygen atoms in total. The van der Waals surface area contributed by atoms with Crippen molar-refractivity contribution in [3.8, 4) is 0 Å². The molecule has 0 bridgehead atoms. The van der Waals surface area contributed by atoms with Crippen LogP contribution in [-0.4, -0.2) is 21.6 Å². The Balaban J connectivity index is 2.62. The molecule has 0 fully saturated rings. The summed E-state index contributed by atoms with van der Waals surface area (Å²) < 4.78 is 2.06. The monoisotopic (exact) mass is 269 g/mol. The smallest absolute Gasteiger partial charge is 0.201 e. The van der Waals surface area contributed by atoms with Gasteiger partial charge < -0.3 is 10.3 Å². The van der Waals surface area contributed by atoms with E-state index in [0.717, 1.165) is 23.2 Å². The molecule has 1 aromatic carbocycles. The molecule has 0 aliphatic carbocycles. The van der Waals surface area contributed by atoms with E-state index in [0.29, 0.717) is 17.0 Å². The second kappa shape index (κ2) is 5.19. The number of halogens is 1. The summed E-state index contributed by atoms with van der Waals surface area (Å²) in [6.07, 6.45) is 3.11. The van der Waals surface area contributed by atoms with E-state index in [9.17, 15) is 0 Å². The van der Waals surface area contributed by atoms with Gasteiger partial charge in [-0.3, -0.25) is 0 Å². The zero-order chi connectivity index (χ0) is 12.4. The zero-order valence-corrected chi connectivity index (χ0v) is 11.6. The molecule has 92 valence electrons. The highest BCUT2D eigenvalue weighted by molar-refractivity contribution is 7.98. The van der Waals surface area contributed by atoms with Gasteiger partial charge in [-0.15, -0.1) is 0 Å². The number of fused-ring (bicyclic) bond motifs is 1. The number of thioether (sulfide) groups is 1. The molecule has 2 rings (SSSR count). The van der Waals surface area contributed by atoms with Crippen molar-refractivity contribution >= 4 is 40.3 Å². The van der Waals surface area contributed by atoms with Crippen molar-refractivity contribution in [2.75, 3.05) is 17.7 Å². The lowest BCUT2D eigenvalue weighted by Crippen LogP contribution is -2.13. The third kappa shape index (κ3) is 2.24. The Morgan fingerprint density at radius 1 is 1.53 bits per heavy atom. The lowest BCUT2D eigenvalue weighted by atomic mass is 10.2. The number of anilines is 1. The van der Waals surface area contributed by atoms with Crippen LogP contribution in [0.4, 0.5) is 5.95 Å². The van der Waals surface area contributed by atoms with E-state index < -0.39 is 0 Å². The van der Waals surface area contributed by atoms with E-state index in [-0.39, 0.29) is 0 Å². The fraction of sp³-hybridized carbons (Fsp3) is 0.417. The summed E-state index contributed by atoms with van der Waals surface area (Å²) in [7, 11) is 0. The number of aromatic nitrogens is 2. The Bertz CT molecular complexity index is 524. The van der Waals surface area contributed by atoms with Crippen LogP contribution < -0.4 is 5.73 Å². The molecule has 5 heteroatoms. The maximum absolute atomic E-state index is 6.25. The van der Waals surface area contributed by atoms with Crippen molar-refractivity contribution in [1.29, 1.82) is 0 Å². The van der Waals surface area contributed by atoms with Crippen LogP contribution in [0.15, 0.2) is 18.2 Å². The van der Waals surface area contributed by atoms with Crippen molar-refractivity contribution in [1.82, 2.24) is 9.55 Å². The van der Waals surface area contributed by atoms with Crippen LogP contribution in [-0.2, 0) is 0 Å². The molecule has 0 spiro atoms. The fourth-order valence-corrected chi connectivity index (χ4v) is 3.09. The molecule has 0 aliphatic heterocycles. The van der Waals surface area contributed by atoms with Crippen LogP contribution in [0.3, 0.4) is 0 Å². The number of imidazole rings is 1. The van der Waals surface area contributed by atoms with Gasteiger partial charge in [0.1, 0.15) is 0 Å². The van der Waals surface area contributed by atoms with Crippen LogP contribution in [0.1, 0.15) is 19.4 Å². The molecule has 1 aromatic heterocycles. The Kier molecular flexibility index (Phi) is 3.84. The largest absolute Gasteiger partial charge is 0.369 e. The van der Waals surface area contributed by atoms with Gasteiger partial charge in [0.2, 0.25) is 5.95 Å². The summed E-state index contributed by atoms with van der Waals surface area (Å²) in [5.41, 5.74) is 7.83. The number of nitrogen functional groups attached to an aromatic ring is 1. The van der Waals surface area contributed by atoms with Gasteiger partial charge in [-0.2, -0.15) is 11.8 Å². The minimum absolute atomic E-state index is 0.342. The van der Waals surface area contributed by atoms with Gasteiger partial charge in [0.05, 0.1) is 16.1 Å². The van der Waals surface area contributed by atoms with E-state index in [4.69, 9.17) is 17.3 Å². The van der Waals surface area contributed by atoms with Crippen LogP contribution >= 0.6 is 23.4 Å². The van der Waals surface area contributed by atoms with Gasteiger partial charge in [-0.1, -0.05) is 24.6 Å². The third-order valence-corrected chi connectivity index (χ3v) is 3.91. The number of hydrogen-bond acceptors (Lipinski definition) is 3. The number of benzene rings is 1. The summed E-state index contributed by atoms with van der Waals surface area (Å²) >= 11 is 8.06. The van der Waals surface area contributed by atoms with Crippen molar-refractivity contribution in [3.05, 3.63) is 23.2 Å². The molecule has 0 aliphatic rings. The predicted molar refractivity (Wildman–Crippen MR) is 76.9 cm³/mol. The molecule has 17 heavy (non-hydrogen) atoms. The first-order valence-electron chi connectivity index (χ1n) is 5.59. The Hall–Kier alpha value is -0.870. The second-order valence-corrected chi connectivity index (χ2v) is 5.28. The van der Waals surface area contributed by atoms with Crippen molar-refractivity contribution < 1.29 is 0 Å². The van der Waals surface area contributed by atoms with E-state index >= 15 is 0 Å². The topological polar surface area (TPSA) is 43.8 Å². The zero-order valence-electron chi connectivity index (χ0n) is 9.98. The van der Waals surface area contributed by atoms with Crippen molar-refractivity contribution in [2.45, 2.75) is 19.4 Å². The second-order valence-electron chi connectivity index (χ2n) is 3.96. The number of nitrogens with two attached hydrogens (primary N) is 1. The van der Waals surface area contributed by atoms with Gasteiger partial charge in [-0.25, -0.2) is 4.98 Å². The molecule has 0 saturated carbocycles. The van der Waals surface area contributed by atoms with Gasteiger partial charge in [0.25, 0.3) is 0 Å². The summed E-state index contributed by atoms with van der Waals surface area (Å²) in [5.74, 6) is 1.56. The van der Waals surface area contributed by atoms with E-state index in [2.05, 4.69) is 22.7 Å². The Morgan fingerprint density at radius 2 is 2.29 bits per heavy atom. The van der Waals surface area contributed by atoms with E-state index in [1.54, 1.807) is 0 Å². The van der Waals surface area contributed by atoms with Gasteiger partial charge >= 0.3 is 0 Å². The SMILES string of the molecule is CCC(CSC)n1c(N)nc2cccc(Cl)c21. The van der Waals surface area contributed by atoms with Crippen LogP contribution in [0.25, 0.3) is 11.0 Å². The predicted octanol–water partition coefficient (Wildman–Crippen LogP) is 3.59. The molecule has 0 saturated heterocycles. The fourth-order valence-electron chi connectivity index (χ4n) is 2.06. The average Bonchev–Trinajstić information content (AvgIpc) is 2.64. The molecule has 2 N–H and O–H groups in total. The van der Waals surface area contributed by atoms with Gasteiger partial charge in [0.15, 0.2) is 0 Å². The standard InChI is InChI=1S/C12H16ClN3S/c1-3-8(7-17-2)16-11-9(13)5-4-6-10(11)15-12(16)14/h4-6,8H,3,7H2,1-2H3,(H2,14,15). The summed E-state index contributed by atoms with van der Waals surface area (Å²) in [4.78, 5) is 4.37. The molecule has 2 aromatic rings. The minimum atomic E-state index is 0.342. The minimum Gasteiger partial charge on any atom is -0.369 e. The summed E-state index contributed by atoms with van der Waals surface area (Å²) in [5, 5.41) is 0.714. The molecule has 0 amide bonds. The highest BCUT2D eigenvalue weighted by Gasteiger charge is 2.17. The molecular weight excluding hydrogens is 254 g/mol. The highest BCUT2D eigenvalue weighted by atomic mass is 35.5. The van der Waals surface area contributed by atoms with E-state index in [1.165, 1.54) is 0 Å². The molecule has 1 atom stereocenters. The maximum Gasteiger partial charge on any atom is 0.201 e. The number of rotatable bonds is 4. The highest BCUT2D eigenvalue weighted by Crippen LogP contribution is 2.31. The molecular formula is C12H16ClN3S. The Labute approximate surface area is 110 Å². The van der Waals surface area contributed by atoms with Crippen molar-refractivity contribution in [3.63, 3.8) is 0 Å². The Morgan fingerprint density at radius 3 is 2.94 bits per heavy atom. The van der Waals surface area contributed by atoms with Gasteiger partial charge in [0, 0.05) is 11.8 Å².